The minimum Gasteiger partial charge on any atom is -0.329 e. The number of rotatable bonds is 3. The molecule has 0 saturated carbocycles. The Hall–Kier alpha value is -3.74. The van der Waals surface area contributed by atoms with Crippen LogP contribution < -0.4 is 0 Å². The van der Waals surface area contributed by atoms with Crippen molar-refractivity contribution >= 4 is 16.9 Å². The molecule has 0 radical (unpaired) electrons. The van der Waals surface area contributed by atoms with Crippen molar-refractivity contribution in [2.45, 2.75) is 33.2 Å². The van der Waals surface area contributed by atoms with E-state index < -0.39 is 0 Å². The van der Waals surface area contributed by atoms with E-state index in [1.54, 1.807) is 12.4 Å². The summed E-state index contributed by atoms with van der Waals surface area (Å²) in [5.41, 5.74) is 7.73. The number of carbonyl (C=O) groups excluding carboxylic acids is 1. The van der Waals surface area contributed by atoms with Crippen molar-refractivity contribution in [3.8, 4) is 5.69 Å². The van der Waals surface area contributed by atoms with Crippen LogP contribution in [0.25, 0.3) is 16.7 Å². The van der Waals surface area contributed by atoms with Crippen LogP contribution in [0.2, 0.25) is 0 Å². The molecule has 0 unspecified atom stereocenters. The molecule has 1 fully saturated rings. The Bertz CT molecular complexity index is 1370. The summed E-state index contributed by atoms with van der Waals surface area (Å²) in [6.07, 6.45) is 3.91. The molecule has 1 atom stereocenters. The van der Waals surface area contributed by atoms with Gasteiger partial charge in [0.05, 0.1) is 40.7 Å². The van der Waals surface area contributed by atoms with Gasteiger partial charge in [-0.15, -0.1) is 0 Å². The predicted octanol–water partition coefficient (Wildman–Crippen LogP) is 4.22. The highest BCUT2D eigenvalue weighted by atomic mass is 16.2. The van der Waals surface area contributed by atoms with Crippen molar-refractivity contribution in [1.82, 2.24) is 29.4 Å². The highest BCUT2D eigenvalue weighted by Crippen LogP contribution is 2.37. The molecular weight excluding hydrogens is 400 g/mol. The van der Waals surface area contributed by atoms with E-state index in [0.717, 1.165) is 28.0 Å². The molecule has 2 aromatic carbocycles. The van der Waals surface area contributed by atoms with Crippen molar-refractivity contribution in [2.24, 2.45) is 7.05 Å². The Labute approximate surface area is 187 Å². The lowest BCUT2D eigenvalue weighted by Gasteiger charge is -2.25. The number of carbonyl (C=O) groups is 1. The van der Waals surface area contributed by atoms with Crippen LogP contribution in [0.5, 0.6) is 0 Å². The Balaban J connectivity index is 1.60. The number of hydrogen-bond acceptors (Lipinski definition) is 4. The van der Waals surface area contributed by atoms with Crippen molar-refractivity contribution in [3.05, 3.63) is 83.0 Å². The first-order valence-corrected chi connectivity index (χ1v) is 10.7. The quantitative estimate of drug-likeness (QED) is 0.460. The van der Waals surface area contributed by atoms with Gasteiger partial charge in [0.25, 0.3) is 5.91 Å². The maximum Gasteiger partial charge on any atom is 0.257 e. The van der Waals surface area contributed by atoms with Crippen molar-refractivity contribution < 1.29 is 4.79 Å². The van der Waals surface area contributed by atoms with Gasteiger partial charge in [0.2, 0.25) is 0 Å². The van der Waals surface area contributed by atoms with Crippen molar-refractivity contribution in [3.63, 3.8) is 0 Å². The number of likely N-dealkylation sites (tertiary alicyclic amines) is 1. The number of nitrogens with zero attached hydrogens (tertiary/aromatic N) is 6. The van der Waals surface area contributed by atoms with E-state index in [1.165, 1.54) is 15.9 Å². The van der Waals surface area contributed by atoms with Gasteiger partial charge in [-0.3, -0.25) is 4.79 Å². The number of aryl methyl sites for hydroxylation is 4. The molecule has 162 valence electrons. The summed E-state index contributed by atoms with van der Waals surface area (Å²) in [7, 11) is 2.02. The lowest BCUT2D eigenvalue weighted by molar-refractivity contribution is 0.0730. The van der Waals surface area contributed by atoms with Crippen LogP contribution in [0.1, 0.15) is 45.3 Å². The average molecular weight is 427 g/mol. The van der Waals surface area contributed by atoms with Crippen LogP contribution in [0, 0.1) is 20.8 Å². The molecule has 1 aliphatic rings. The van der Waals surface area contributed by atoms with E-state index in [4.69, 9.17) is 4.98 Å². The first kappa shape index (κ1) is 20.2. The molecule has 5 rings (SSSR count). The fourth-order valence-corrected chi connectivity index (χ4v) is 4.50. The average Bonchev–Trinajstić information content (AvgIpc) is 3.49. The van der Waals surface area contributed by atoms with E-state index in [2.05, 4.69) is 47.3 Å². The summed E-state index contributed by atoms with van der Waals surface area (Å²) in [5, 5.41) is 8.48. The van der Waals surface area contributed by atoms with Crippen molar-refractivity contribution in [2.75, 3.05) is 6.54 Å². The van der Waals surface area contributed by atoms with Gasteiger partial charge in [-0.1, -0.05) is 23.8 Å². The molecule has 2 aromatic heterocycles. The minimum atomic E-state index is -0.174. The Morgan fingerprint density at radius 2 is 1.78 bits per heavy atom. The van der Waals surface area contributed by atoms with Crippen LogP contribution in [0.15, 0.2) is 54.9 Å². The highest BCUT2D eigenvalue weighted by Gasteiger charge is 2.36. The molecule has 0 aliphatic carbocycles. The van der Waals surface area contributed by atoms with Crippen LogP contribution in [-0.2, 0) is 7.05 Å². The first-order chi connectivity index (χ1) is 15.3. The van der Waals surface area contributed by atoms with Crippen molar-refractivity contribution in [1.29, 1.82) is 0 Å². The number of benzene rings is 2. The van der Waals surface area contributed by atoms with Crippen LogP contribution >= 0.6 is 0 Å². The molecule has 1 saturated heterocycles. The van der Waals surface area contributed by atoms with Gasteiger partial charge in [-0.2, -0.15) is 15.0 Å². The summed E-state index contributed by atoms with van der Waals surface area (Å²) < 4.78 is 2.11. The number of amides is 1. The molecule has 7 heteroatoms. The van der Waals surface area contributed by atoms with Gasteiger partial charge in [0.15, 0.2) is 0 Å². The van der Waals surface area contributed by atoms with Gasteiger partial charge in [-0.05, 0) is 62.6 Å². The summed E-state index contributed by atoms with van der Waals surface area (Å²) in [5.74, 6) is 0.812. The summed E-state index contributed by atoms with van der Waals surface area (Å²) in [6.45, 7) is 10.9. The highest BCUT2D eigenvalue weighted by molar-refractivity contribution is 5.98. The molecule has 32 heavy (non-hydrogen) atoms. The van der Waals surface area contributed by atoms with Crippen LogP contribution in [0.3, 0.4) is 0 Å². The van der Waals surface area contributed by atoms with E-state index >= 15 is 0 Å². The van der Waals surface area contributed by atoms with Crippen LogP contribution in [-0.4, -0.2) is 41.9 Å². The second kappa shape index (κ2) is 7.44. The monoisotopic (exact) mass is 426 g/mol. The van der Waals surface area contributed by atoms with Gasteiger partial charge in [-0.25, -0.2) is 4.98 Å². The summed E-state index contributed by atoms with van der Waals surface area (Å²) >= 11 is 0. The molecule has 0 spiro atoms. The third-order valence-corrected chi connectivity index (χ3v) is 6.36. The Kier molecular flexibility index (Phi) is 4.69. The Morgan fingerprint density at radius 1 is 1.06 bits per heavy atom. The summed E-state index contributed by atoms with van der Waals surface area (Å²) in [4.78, 5) is 22.2. The Morgan fingerprint density at radius 3 is 2.53 bits per heavy atom. The number of aromatic nitrogens is 5. The molecule has 4 aromatic rings. The third-order valence-electron chi connectivity index (χ3n) is 6.36. The van der Waals surface area contributed by atoms with E-state index in [-0.39, 0.29) is 11.9 Å². The number of fused-ring (bicyclic) bond motifs is 1. The first-order valence-electron chi connectivity index (χ1n) is 10.7. The second-order valence-corrected chi connectivity index (χ2v) is 8.70. The molecule has 3 heterocycles. The lowest BCUT2D eigenvalue weighted by atomic mass is 10.1. The molecule has 7 nitrogen and oxygen atoms in total. The predicted molar refractivity (Wildman–Crippen MR) is 124 cm³/mol. The topological polar surface area (TPSA) is 68.8 Å². The molecule has 1 aliphatic heterocycles. The minimum absolute atomic E-state index is 0.0657. The lowest BCUT2D eigenvalue weighted by Crippen LogP contribution is -2.33. The summed E-state index contributed by atoms with van der Waals surface area (Å²) in [6, 6.07) is 9.87. The maximum atomic E-state index is 13.9. The van der Waals surface area contributed by atoms with Gasteiger partial charge >= 0.3 is 0 Å². The smallest absolute Gasteiger partial charge is 0.257 e. The van der Waals surface area contributed by atoms with E-state index in [0.29, 0.717) is 24.2 Å². The second-order valence-electron chi connectivity index (χ2n) is 8.70. The van der Waals surface area contributed by atoms with Gasteiger partial charge < -0.3 is 9.47 Å². The SMILES string of the molecule is C=C1C[C@@H](c2nc3cc(C)c(C)cc3n2C)N(C(=O)c2cc(C)ccc2-n2nccn2)C1. The standard InChI is InChI=1S/C25H26N6O/c1-15-6-7-21(31-26-8-9-27-31)19(10-15)25(32)30-14-16(2)11-23(30)24-28-20-12-17(3)18(4)13-22(20)29(24)5/h6-10,12-13,23H,2,11,14H2,1,3-5H3/t23-/m0/s1. The fourth-order valence-electron chi connectivity index (χ4n) is 4.50. The zero-order valence-electron chi connectivity index (χ0n) is 18.8. The zero-order valence-corrected chi connectivity index (χ0v) is 18.8. The number of hydrogen-bond donors (Lipinski definition) is 0. The third kappa shape index (κ3) is 3.21. The fraction of sp³-hybridized carbons (Fsp3) is 0.280. The molecule has 1 amide bonds. The van der Waals surface area contributed by atoms with Gasteiger partial charge in [0, 0.05) is 13.6 Å². The maximum absolute atomic E-state index is 13.9. The van der Waals surface area contributed by atoms with E-state index in [9.17, 15) is 4.79 Å². The molecular formula is C25H26N6O. The zero-order chi connectivity index (χ0) is 22.6. The number of imidazole rings is 1. The largest absolute Gasteiger partial charge is 0.329 e. The normalized spacial score (nSPS) is 16.3. The molecule has 0 bridgehead atoms. The van der Waals surface area contributed by atoms with Crippen LogP contribution in [0.4, 0.5) is 0 Å². The molecule has 0 N–H and O–H groups in total. The van der Waals surface area contributed by atoms with E-state index in [1.807, 2.05) is 37.1 Å². The van der Waals surface area contributed by atoms with Gasteiger partial charge in [0.1, 0.15) is 5.82 Å².